The fraction of sp³-hybridized carbons (Fsp3) is 0.562. The maximum atomic E-state index is 12.3. The van der Waals surface area contributed by atoms with E-state index in [2.05, 4.69) is 15.0 Å². The second kappa shape index (κ2) is 5.05. The highest BCUT2D eigenvalue weighted by Gasteiger charge is 2.44. The van der Waals surface area contributed by atoms with E-state index in [0.717, 1.165) is 13.0 Å². The Kier molecular flexibility index (Phi) is 3.14. The van der Waals surface area contributed by atoms with Crippen molar-refractivity contribution in [2.75, 3.05) is 13.2 Å². The Morgan fingerprint density at radius 1 is 1.50 bits per heavy atom. The summed E-state index contributed by atoms with van der Waals surface area (Å²) >= 11 is 0. The minimum absolute atomic E-state index is 0.0221. The van der Waals surface area contributed by atoms with Gasteiger partial charge in [0.2, 0.25) is 0 Å². The number of ether oxygens (including phenoxy) is 2. The van der Waals surface area contributed by atoms with Gasteiger partial charge >= 0.3 is 5.97 Å². The third-order valence-electron chi connectivity index (χ3n) is 4.82. The number of aromatic nitrogens is 3. The Morgan fingerprint density at radius 2 is 2.36 bits per heavy atom. The first-order chi connectivity index (χ1) is 10.7. The quantitative estimate of drug-likeness (QED) is 0.881. The molecule has 1 N–H and O–H groups in total. The Morgan fingerprint density at radius 3 is 3.09 bits per heavy atom. The van der Waals surface area contributed by atoms with Crippen molar-refractivity contribution in [3.8, 4) is 0 Å². The van der Waals surface area contributed by atoms with Crippen molar-refractivity contribution in [3.63, 3.8) is 0 Å². The molecule has 1 aliphatic carbocycles. The van der Waals surface area contributed by atoms with Gasteiger partial charge in [0.1, 0.15) is 18.1 Å². The maximum Gasteiger partial charge on any atom is 0.357 e. The van der Waals surface area contributed by atoms with E-state index in [1.165, 1.54) is 19.3 Å². The lowest BCUT2D eigenvalue weighted by atomic mass is 9.68. The first-order valence-corrected chi connectivity index (χ1v) is 7.76. The van der Waals surface area contributed by atoms with Crippen LogP contribution in [0.4, 0.5) is 0 Å². The number of carbonyl (C=O) groups is 1. The number of H-pyrrole nitrogens is 1. The molecule has 116 valence electrons. The van der Waals surface area contributed by atoms with Gasteiger partial charge in [-0.05, 0) is 37.7 Å². The predicted molar refractivity (Wildman–Crippen MR) is 79.5 cm³/mol. The SMILES string of the molecule is Cc1nc(C(=O)OCC2CC3(CCC3)CO2)c2cc[nH]c2n1. The minimum Gasteiger partial charge on any atom is -0.458 e. The number of carbonyl (C=O) groups excluding carboxylic acids is 1. The van der Waals surface area contributed by atoms with Crippen molar-refractivity contribution in [1.29, 1.82) is 0 Å². The Balaban J connectivity index is 1.44. The molecule has 2 aromatic rings. The lowest BCUT2D eigenvalue weighted by Gasteiger charge is -2.36. The van der Waals surface area contributed by atoms with E-state index in [1.54, 1.807) is 19.2 Å². The molecule has 6 nitrogen and oxygen atoms in total. The summed E-state index contributed by atoms with van der Waals surface area (Å²) in [6.45, 7) is 2.87. The standard InChI is InChI=1S/C16H19N3O3/c1-10-18-13(12-3-6-17-14(12)19-10)15(20)21-8-11-7-16(9-22-11)4-2-5-16/h3,6,11H,2,4-5,7-9H2,1H3,(H,17,18,19). The lowest BCUT2D eigenvalue weighted by Crippen LogP contribution is -2.30. The zero-order valence-corrected chi connectivity index (χ0v) is 12.6. The van der Waals surface area contributed by atoms with E-state index in [0.29, 0.717) is 34.6 Å². The van der Waals surface area contributed by atoms with Gasteiger partial charge in [0.15, 0.2) is 5.69 Å². The highest BCUT2D eigenvalue weighted by Crippen LogP contribution is 2.49. The number of hydrogen-bond donors (Lipinski definition) is 1. The molecule has 1 spiro atoms. The Labute approximate surface area is 128 Å². The van der Waals surface area contributed by atoms with Crippen LogP contribution in [0.1, 0.15) is 42.0 Å². The third kappa shape index (κ3) is 2.27. The third-order valence-corrected chi connectivity index (χ3v) is 4.82. The number of aryl methyl sites for hydroxylation is 1. The molecule has 0 radical (unpaired) electrons. The average Bonchev–Trinajstić information content (AvgIpc) is 3.09. The summed E-state index contributed by atoms with van der Waals surface area (Å²) in [4.78, 5) is 23.8. The number of aromatic amines is 1. The van der Waals surface area contributed by atoms with Gasteiger partial charge in [0.25, 0.3) is 0 Å². The van der Waals surface area contributed by atoms with E-state index >= 15 is 0 Å². The summed E-state index contributed by atoms with van der Waals surface area (Å²) in [5.41, 5.74) is 1.35. The van der Waals surface area contributed by atoms with E-state index in [9.17, 15) is 4.79 Å². The molecular weight excluding hydrogens is 282 g/mol. The van der Waals surface area contributed by atoms with Crippen LogP contribution in [-0.4, -0.2) is 40.2 Å². The molecule has 6 heteroatoms. The molecule has 2 aliphatic rings. The molecule has 2 aromatic heterocycles. The molecule has 0 amide bonds. The second-order valence-electron chi connectivity index (χ2n) is 6.45. The van der Waals surface area contributed by atoms with Crippen molar-refractivity contribution in [3.05, 3.63) is 23.8 Å². The summed E-state index contributed by atoms with van der Waals surface area (Å²) in [5, 5.41) is 0.693. The van der Waals surface area contributed by atoms with Gasteiger partial charge in [-0.3, -0.25) is 0 Å². The normalized spacial score (nSPS) is 22.9. The Bertz CT molecular complexity index is 720. The van der Waals surface area contributed by atoms with Gasteiger partial charge in [-0.1, -0.05) is 6.42 Å². The average molecular weight is 301 g/mol. The largest absolute Gasteiger partial charge is 0.458 e. The molecule has 0 bridgehead atoms. The number of rotatable bonds is 3. The molecule has 3 heterocycles. The van der Waals surface area contributed by atoms with Crippen molar-refractivity contribution in [2.24, 2.45) is 5.41 Å². The molecule has 0 aromatic carbocycles. The van der Waals surface area contributed by atoms with Gasteiger partial charge in [-0.2, -0.15) is 0 Å². The number of hydrogen-bond acceptors (Lipinski definition) is 5. The number of fused-ring (bicyclic) bond motifs is 1. The zero-order valence-electron chi connectivity index (χ0n) is 12.6. The second-order valence-corrected chi connectivity index (χ2v) is 6.45. The van der Waals surface area contributed by atoms with Crippen LogP contribution in [0.2, 0.25) is 0 Å². The van der Waals surface area contributed by atoms with Crippen LogP contribution < -0.4 is 0 Å². The van der Waals surface area contributed by atoms with Gasteiger partial charge < -0.3 is 14.5 Å². The first kappa shape index (κ1) is 13.7. The monoisotopic (exact) mass is 301 g/mol. The molecule has 2 fully saturated rings. The van der Waals surface area contributed by atoms with E-state index < -0.39 is 5.97 Å². The van der Waals surface area contributed by atoms with E-state index in [1.807, 2.05) is 0 Å². The summed E-state index contributed by atoms with van der Waals surface area (Å²) in [7, 11) is 0. The van der Waals surface area contributed by atoms with Crippen molar-refractivity contribution in [2.45, 2.75) is 38.7 Å². The Hall–Kier alpha value is -1.95. The fourth-order valence-corrected chi connectivity index (χ4v) is 3.47. The molecular formula is C16H19N3O3. The number of nitrogens with zero attached hydrogens (tertiary/aromatic N) is 2. The minimum atomic E-state index is -0.409. The fourth-order valence-electron chi connectivity index (χ4n) is 3.47. The van der Waals surface area contributed by atoms with Crippen LogP contribution in [0.3, 0.4) is 0 Å². The highest BCUT2D eigenvalue weighted by atomic mass is 16.6. The van der Waals surface area contributed by atoms with Crippen LogP contribution in [0, 0.1) is 12.3 Å². The maximum absolute atomic E-state index is 12.3. The van der Waals surface area contributed by atoms with Crippen LogP contribution >= 0.6 is 0 Å². The van der Waals surface area contributed by atoms with Crippen molar-refractivity contribution in [1.82, 2.24) is 15.0 Å². The predicted octanol–water partition coefficient (Wildman–Crippen LogP) is 2.38. The number of nitrogens with one attached hydrogen (secondary N) is 1. The summed E-state index contributed by atoms with van der Waals surface area (Å²) in [5.74, 6) is 0.140. The van der Waals surface area contributed by atoms with E-state index in [4.69, 9.17) is 9.47 Å². The molecule has 1 saturated heterocycles. The molecule has 1 unspecified atom stereocenters. The van der Waals surface area contributed by atoms with Crippen LogP contribution in [0.15, 0.2) is 12.3 Å². The van der Waals surface area contributed by atoms with Crippen molar-refractivity contribution < 1.29 is 14.3 Å². The molecule has 1 aliphatic heterocycles. The summed E-state index contributed by atoms with van der Waals surface area (Å²) < 4.78 is 11.2. The van der Waals surface area contributed by atoms with Crippen LogP contribution in [0.5, 0.6) is 0 Å². The van der Waals surface area contributed by atoms with Crippen LogP contribution in [-0.2, 0) is 9.47 Å². The molecule has 1 atom stereocenters. The molecule has 22 heavy (non-hydrogen) atoms. The van der Waals surface area contributed by atoms with Crippen LogP contribution in [0.25, 0.3) is 11.0 Å². The van der Waals surface area contributed by atoms with Gasteiger partial charge in [0.05, 0.1) is 18.1 Å². The molecule has 1 saturated carbocycles. The lowest BCUT2D eigenvalue weighted by molar-refractivity contribution is 0.0125. The smallest absolute Gasteiger partial charge is 0.357 e. The summed E-state index contributed by atoms with van der Waals surface area (Å²) in [6, 6.07) is 1.79. The van der Waals surface area contributed by atoms with Gasteiger partial charge in [-0.15, -0.1) is 0 Å². The zero-order chi connectivity index (χ0) is 15.2. The first-order valence-electron chi connectivity index (χ1n) is 7.76. The van der Waals surface area contributed by atoms with Gasteiger partial charge in [-0.25, -0.2) is 14.8 Å². The molecule has 4 rings (SSSR count). The summed E-state index contributed by atoms with van der Waals surface area (Å²) in [6.07, 6.45) is 6.55. The van der Waals surface area contributed by atoms with Crippen molar-refractivity contribution >= 4 is 17.0 Å². The van der Waals surface area contributed by atoms with E-state index in [-0.39, 0.29) is 6.10 Å². The highest BCUT2D eigenvalue weighted by molar-refractivity contribution is 6.00. The topological polar surface area (TPSA) is 77.1 Å². The number of esters is 1. The van der Waals surface area contributed by atoms with Gasteiger partial charge in [0, 0.05) is 6.20 Å².